The molecule has 0 saturated carbocycles. The minimum absolute atomic E-state index is 0.341. The largest absolute Gasteiger partial charge is 0.452 e. The Balaban J connectivity index is 1.38. The van der Waals surface area contributed by atoms with E-state index in [4.69, 9.17) is 4.74 Å². The molecule has 26 heavy (non-hydrogen) atoms. The molecule has 4 rings (SSSR count). The van der Waals surface area contributed by atoms with Crippen molar-refractivity contribution in [3.63, 3.8) is 0 Å². The van der Waals surface area contributed by atoms with Crippen molar-refractivity contribution in [3.8, 4) is 0 Å². The Bertz CT molecular complexity index is 1120. The fraction of sp³-hybridized carbons (Fsp3) is 0.0500. The van der Waals surface area contributed by atoms with E-state index in [1.54, 1.807) is 23.7 Å². The highest BCUT2D eigenvalue weighted by Crippen LogP contribution is 2.20. The van der Waals surface area contributed by atoms with Crippen LogP contribution in [-0.4, -0.2) is 23.5 Å². The summed E-state index contributed by atoms with van der Waals surface area (Å²) >= 11 is 1.45. The molecule has 0 fully saturated rings. The summed E-state index contributed by atoms with van der Waals surface area (Å²) in [4.78, 5) is 28.3. The standard InChI is InChI=1S/C20H14N2O3S/c23-19(22-16-7-5-13-3-1-2-4-14(13)9-16)11-25-20(24)15-6-8-17-18(10-15)26-12-21-17/h1-10,12H,11H2,(H,22,23). The van der Waals surface area contributed by atoms with Gasteiger partial charge in [0.2, 0.25) is 0 Å². The Kier molecular flexibility index (Phi) is 4.33. The second kappa shape index (κ2) is 6.93. The monoisotopic (exact) mass is 362 g/mol. The second-order valence-electron chi connectivity index (χ2n) is 5.72. The van der Waals surface area contributed by atoms with E-state index in [9.17, 15) is 9.59 Å². The van der Waals surface area contributed by atoms with E-state index < -0.39 is 5.97 Å². The van der Waals surface area contributed by atoms with Crippen LogP contribution in [0.25, 0.3) is 21.0 Å². The molecule has 0 unspecified atom stereocenters. The molecule has 0 bridgehead atoms. The summed E-state index contributed by atoms with van der Waals surface area (Å²) < 4.78 is 6.01. The van der Waals surface area contributed by atoms with Crippen LogP contribution >= 0.6 is 11.3 Å². The van der Waals surface area contributed by atoms with E-state index in [1.165, 1.54) is 11.3 Å². The van der Waals surface area contributed by atoms with Crippen LogP contribution < -0.4 is 5.32 Å². The number of hydrogen-bond acceptors (Lipinski definition) is 5. The van der Waals surface area contributed by atoms with Gasteiger partial charge >= 0.3 is 5.97 Å². The van der Waals surface area contributed by atoms with Crippen molar-refractivity contribution in [2.75, 3.05) is 11.9 Å². The predicted molar refractivity (Wildman–Crippen MR) is 102 cm³/mol. The fourth-order valence-electron chi connectivity index (χ4n) is 2.66. The third kappa shape index (κ3) is 3.41. The summed E-state index contributed by atoms with van der Waals surface area (Å²) in [7, 11) is 0. The molecule has 1 N–H and O–H groups in total. The number of rotatable bonds is 4. The molecular weight excluding hydrogens is 348 g/mol. The lowest BCUT2D eigenvalue weighted by Crippen LogP contribution is -2.20. The van der Waals surface area contributed by atoms with Gasteiger partial charge in [-0.05, 0) is 41.1 Å². The van der Waals surface area contributed by atoms with E-state index in [0.717, 1.165) is 21.0 Å². The molecule has 1 heterocycles. The molecule has 0 radical (unpaired) electrons. The van der Waals surface area contributed by atoms with Crippen molar-refractivity contribution in [1.29, 1.82) is 0 Å². The van der Waals surface area contributed by atoms with Crippen molar-refractivity contribution in [2.45, 2.75) is 0 Å². The smallest absolute Gasteiger partial charge is 0.338 e. The first kappa shape index (κ1) is 16.2. The molecule has 0 saturated heterocycles. The van der Waals surface area contributed by atoms with E-state index in [2.05, 4.69) is 10.3 Å². The normalized spacial score (nSPS) is 10.8. The number of amides is 1. The Morgan fingerprint density at radius 2 is 1.85 bits per heavy atom. The van der Waals surface area contributed by atoms with Crippen LogP contribution in [-0.2, 0) is 9.53 Å². The number of esters is 1. The number of hydrogen-bond donors (Lipinski definition) is 1. The zero-order valence-corrected chi connectivity index (χ0v) is 14.5. The van der Waals surface area contributed by atoms with Gasteiger partial charge in [0.15, 0.2) is 6.61 Å². The molecular formula is C20H14N2O3S. The van der Waals surface area contributed by atoms with Crippen LogP contribution in [0.3, 0.4) is 0 Å². The molecule has 3 aromatic carbocycles. The number of benzene rings is 3. The van der Waals surface area contributed by atoms with Crippen molar-refractivity contribution in [3.05, 3.63) is 71.7 Å². The number of carbonyl (C=O) groups excluding carboxylic acids is 2. The molecule has 5 nitrogen and oxygen atoms in total. The van der Waals surface area contributed by atoms with Gasteiger partial charge in [0, 0.05) is 5.69 Å². The van der Waals surface area contributed by atoms with Gasteiger partial charge in [0.1, 0.15) is 0 Å². The molecule has 0 spiro atoms. The summed E-state index contributed by atoms with van der Waals surface area (Å²) in [5.74, 6) is -0.915. The van der Waals surface area contributed by atoms with Crippen molar-refractivity contribution in [1.82, 2.24) is 4.98 Å². The first-order chi connectivity index (χ1) is 12.7. The molecule has 1 amide bonds. The number of nitrogens with zero attached hydrogens (tertiary/aromatic N) is 1. The lowest BCUT2D eigenvalue weighted by Gasteiger charge is -2.08. The van der Waals surface area contributed by atoms with Crippen LogP contribution in [0.2, 0.25) is 0 Å². The summed E-state index contributed by atoms with van der Waals surface area (Å²) in [6.45, 7) is -0.341. The van der Waals surface area contributed by atoms with E-state index in [-0.39, 0.29) is 12.5 Å². The maximum absolute atomic E-state index is 12.1. The van der Waals surface area contributed by atoms with E-state index in [0.29, 0.717) is 11.3 Å². The third-order valence-corrected chi connectivity index (χ3v) is 4.73. The fourth-order valence-corrected chi connectivity index (χ4v) is 3.38. The number of ether oxygens (including phenoxy) is 1. The lowest BCUT2D eigenvalue weighted by molar-refractivity contribution is -0.119. The Morgan fingerprint density at radius 3 is 2.73 bits per heavy atom. The summed E-state index contributed by atoms with van der Waals surface area (Å²) in [5, 5.41) is 4.86. The van der Waals surface area contributed by atoms with Crippen molar-refractivity contribution >= 4 is 49.9 Å². The maximum atomic E-state index is 12.1. The van der Waals surface area contributed by atoms with E-state index >= 15 is 0 Å². The SMILES string of the molecule is O=C(COC(=O)c1ccc2ncsc2c1)Nc1ccc2ccccc2c1. The predicted octanol–water partition coefficient (Wildman–Crippen LogP) is 4.25. The molecule has 6 heteroatoms. The molecule has 0 aliphatic heterocycles. The minimum atomic E-state index is -0.533. The van der Waals surface area contributed by atoms with Gasteiger partial charge in [-0.2, -0.15) is 0 Å². The average Bonchev–Trinajstić information content (AvgIpc) is 3.14. The van der Waals surface area contributed by atoms with Crippen LogP contribution in [0, 0.1) is 0 Å². The Hall–Kier alpha value is -3.25. The Morgan fingerprint density at radius 1 is 1.00 bits per heavy atom. The first-order valence-corrected chi connectivity index (χ1v) is 8.86. The average molecular weight is 362 g/mol. The molecule has 0 aliphatic rings. The Labute approximate surface area is 153 Å². The lowest BCUT2D eigenvalue weighted by atomic mass is 10.1. The first-order valence-electron chi connectivity index (χ1n) is 7.98. The zero-order valence-electron chi connectivity index (χ0n) is 13.6. The highest BCUT2D eigenvalue weighted by molar-refractivity contribution is 7.16. The minimum Gasteiger partial charge on any atom is -0.452 e. The third-order valence-electron chi connectivity index (χ3n) is 3.93. The number of nitrogens with one attached hydrogen (secondary N) is 1. The van der Waals surface area contributed by atoms with Crippen LogP contribution in [0.15, 0.2) is 66.2 Å². The van der Waals surface area contributed by atoms with Gasteiger partial charge in [0.05, 0.1) is 21.3 Å². The quantitative estimate of drug-likeness (QED) is 0.551. The number of anilines is 1. The van der Waals surface area contributed by atoms with Crippen LogP contribution in [0.4, 0.5) is 5.69 Å². The van der Waals surface area contributed by atoms with Crippen LogP contribution in [0.5, 0.6) is 0 Å². The van der Waals surface area contributed by atoms with Gasteiger partial charge in [-0.15, -0.1) is 11.3 Å². The number of fused-ring (bicyclic) bond motifs is 2. The van der Waals surface area contributed by atoms with Gasteiger partial charge in [-0.3, -0.25) is 4.79 Å². The molecule has 0 atom stereocenters. The molecule has 128 valence electrons. The van der Waals surface area contributed by atoms with Gasteiger partial charge in [0.25, 0.3) is 5.91 Å². The maximum Gasteiger partial charge on any atom is 0.338 e. The zero-order chi connectivity index (χ0) is 17.9. The number of carbonyl (C=O) groups is 2. The summed E-state index contributed by atoms with van der Waals surface area (Å²) in [6.07, 6.45) is 0. The van der Waals surface area contributed by atoms with Gasteiger partial charge < -0.3 is 10.1 Å². The molecule has 0 aliphatic carbocycles. The molecule has 4 aromatic rings. The van der Waals surface area contributed by atoms with Gasteiger partial charge in [-0.1, -0.05) is 30.3 Å². The van der Waals surface area contributed by atoms with Crippen molar-refractivity contribution < 1.29 is 14.3 Å². The highest BCUT2D eigenvalue weighted by atomic mass is 32.1. The summed E-state index contributed by atoms with van der Waals surface area (Å²) in [6, 6.07) is 18.6. The highest BCUT2D eigenvalue weighted by Gasteiger charge is 2.12. The number of aromatic nitrogens is 1. The van der Waals surface area contributed by atoms with Crippen LogP contribution in [0.1, 0.15) is 10.4 Å². The molecule has 1 aromatic heterocycles. The summed E-state index contributed by atoms with van der Waals surface area (Å²) in [5.41, 5.74) is 3.62. The van der Waals surface area contributed by atoms with Crippen molar-refractivity contribution in [2.24, 2.45) is 0 Å². The second-order valence-corrected chi connectivity index (χ2v) is 6.61. The number of thiazole rings is 1. The van der Waals surface area contributed by atoms with Gasteiger partial charge in [-0.25, -0.2) is 9.78 Å². The topological polar surface area (TPSA) is 68.3 Å². The van der Waals surface area contributed by atoms with E-state index in [1.807, 2.05) is 42.5 Å².